The van der Waals surface area contributed by atoms with Crippen molar-refractivity contribution in [3.05, 3.63) is 45.5 Å². The van der Waals surface area contributed by atoms with Crippen molar-refractivity contribution in [2.45, 2.75) is 78.2 Å². The molecule has 1 aromatic rings. The lowest BCUT2D eigenvalue weighted by Crippen LogP contribution is -2.71. The molecule has 0 aromatic heterocycles. The third-order valence-corrected chi connectivity index (χ3v) is 9.33. The van der Waals surface area contributed by atoms with Crippen LogP contribution in [0.1, 0.15) is 86.3 Å². The molecule has 0 spiro atoms. The summed E-state index contributed by atoms with van der Waals surface area (Å²) in [5.74, 6) is -3.15. The number of fused-ring (bicyclic) bond motifs is 3. The maximum Gasteiger partial charge on any atom is 0.206 e. The van der Waals surface area contributed by atoms with Crippen molar-refractivity contribution < 1.29 is 29.0 Å². The lowest BCUT2D eigenvalue weighted by Gasteiger charge is -2.58. The first kappa shape index (κ1) is 24.3. The Bertz CT molecular complexity index is 1220. The van der Waals surface area contributed by atoms with Crippen LogP contribution < -0.4 is 0 Å². The summed E-state index contributed by atoms with van der Waals surface area (Å²) < 4.78 is 5.51. The highest BCUT2D eigenvalue weighted by molar-refractivity contribution is 6.33. The van der Waals surface area contributed by atoms with Gasteiger partial charge < -0.3 is 9.84 Å². The highest BCUT2D eigenvalue weighted by Crippen LogP contribution is 2.61. The molecule has 6 heteroatoms. The van der Waals surface area contributed by atoms with Gasteiger partial charge in [0.15, 0.2) is 23.0 Å². The molecule has 1 aromatic carbocycles. The molecule has 5 rings (SSSR count). The van der Waals surface area contributed by atoms with E-state index in [-0.39, 0.29) is 17.8 Å². The van der Waals surface area contributed by atoms with Crippen LogP contribution in [-0.2, 0) is 25.5 Å². The van der Waals surface area contributed by atoms with E-state index in [2.05, 4.69) is 6.07 Å². The SMILES string of the molecule is CC(=O)C1=C(C)C[C@]2(C)C[C@]3(C)Cc4ccc(C5CCOCC5)c(C)c4C(=O)C3C(=O)C2(O)C1=O. The van der Waals surface area contributed by atoms with E-state index < -0.39 is 39.7 Å². The smallest absolute Gasteiger partial charge is 0.206 e. The van der Waals surface area contributed by atoms with Crippen LogP contribution in [0.3, 0.4) is 0 Å². The fourth-order valence-electron chi connectivity index (χ4n) is 7.93. The minimum atomic E-state index is -2.38. The molecular formula is C29H34O6. The van der Waals surface area contributed by atoms with Gasteiger partial charge in [-0.3, -0.25) is 19.2 Å². The van der Waals surface area contributed by atoms with Gasteiger partial charge in [-0.1, -0.05) is 31.6 Å². The maximum atomic E-state index is 14.1. The first-order valence-corrected chi connectivity index (χ1v) is 12.6. The number of rotatable bonds is 2. The van der Waals surface area contributed by atoms with E-state index in [9.17, 15) is 24.3 Å². The molecule has 186 valence electrons. The number of ketones is 4. The van der Waals surface area contributed by atoms with Gasteiger partial charge in [0, 0.05) is 24.2 Å². The van der Waals surface area contributed by atoms with Crippen molar-refractivity contribution >= 4 is 23.1 Å². The molecule has 1 N–H and O–H groups in total. The molecular weight excluding hydrogens is 444 g/mol. The molecule has 1 aliphatic heterocycles. The van der Waals surface area contributed by atoms with Crippen LogP contribution in [0.15, 0.2) is 23.3 Å². The van der Waals surface area contributed by atoms with E-state index in [0.717, 1.165) is 29.5 Å². The minimum absolute atomic E-state index is 0.0939. The molecule has 1 heterocycles. The Balaban J connectivity index is 1.63. The first-order valence-electron chi connectivity index (χ1n) is 12.6. The second kappa shape index (κ2) is 7.78. The largest absolute Gasteiger partial charge is 0.381 e. The number of benzene rings is 1. The monoisotopic (exact) mass is 478 g/mol. The number of carbonyl (C=O) groups is 4. The summed E-state index contributed by atoms with van der Waals surface area (Å²) in [6.45, 7) is 10.0. The van der Waals surface area contributed by atoms with Crippen LogP contribution in [0.5, 0.6) is 0 Å². The topological polar surface area (TPSA) is 97.7 Å². The van der Waals surface area contributed by atoms with Gasteiger partial charge >= 0.3 is 0 Å². The Morgan fingerprint density at radius 1 is 1.06 bits per heavy atom. The molecule has 0 radical (unpaired) electrons. The zero-order valence-corrected chi connectivity index (χ0v) is 21.2. The Kier molecular flexibility index (Phi) is 5.39. The Morgan fingerprint density at radius 2 is 1.71 bits per heavy atom. The van der Waals surface area contributed by atoms with Crippen LogP contribution >= 0.6 is 0 Å². The molecule has 2 fully saturated rings. The molecule has 0 bridgehead atoms. The van der Waals surface area contributed by atoms with Gasteiger partial charge in [-0.15, -0.1) is 0 Å². The van der Waals surface area contributed by atoms with E-state index >= 15 is 0 Å². The van der Waals surface area contributed by atoms with Gasteiger partial charge in [-0.05, 0) is 80.9 Å². The van der Waals surface area contributed by atoms with Crippen molar-refractivity contribution in [1.82, 2.24) is 0 Å². The Morgan fingerprint density at radius 3 is 2.34 bits per heavy atom. The predicted molar refractivity (Wildman–Crippen MR) is 129 cm³/mol. The summed E-state index contributed by atoms with van der Waals surface area (Å²) >= 11 is 0. The molecule has 4 atom stereocenters. The van der Waals surface area contributed by atoms with Crippen LogP contribution in [-0.4, -0.2) is 47.1 Å². The third-order valence-electron chi connectivity index (χ3n) is 9.33. The molecule has 0 amide bonds. The number of hydrogen-bond donors (Lipinski definition) is 1. The standard InChI is InChI=1S/C29H34O6/c1-15-12-28(5)14-27(4)13-19-6-7-20(18-8-10-35-11-9-18)16(2)22(19)24(31)23(27)26(33)29(28,34)25(32)21(15)17(3)30/h6-7,18,23,34H,8-14H2,1-5H3/t23?,27-,28+,29?/m0/s1. The lowest BCUT2D eigenvalue weighted by atomic mass is 9.44. The molecule has 1 saturated heterocycles. The molecule has 35 heavy (non-hydrogen) atoms. The average molecular weight is 479 g/mol. The van der Waals surface area contributed by atoms with Gasteiger partial charge in [0.1, 0.15) is 0 Å². The fourth-order valence-corrected chi connectivity index (χ4v) is 7.93. The summed E-state index contributed by atoms with van der Waals surface area (Å²) in [6, 6.07) is 4.16. The van der Waals surface area contributed by atoms with Crippen LogP contribution in [0.25, 0.3) is 0 Å². The van der Waals surface area contributed by atoms with Crippen LogP contribution in [0.4, 0.5) is 0 Å². The van der Waals surface area contributed by atoms with Gasteiger partial charge in [0.25, 0.3) is 0 Å². The molecule has 3 aliphatic carbocycles. The van der Waals surface area contributed by atoms with Crippen LogP contribution in [0, 0.1) is 23.7 Å². The van der Waals surface area contributed by atoms with E-state index in [0.29, 0.717) is 43.1 Å². The van der Waals surface area contributed by atoms with Gasteiger partial charge in [-0.25, -0.2) is 0 Å². The Labute approximate surface area is 206 Å². The highest BCUT2D eigenvalue weighted by Gasteiger charge is 2.71. The minimum Gasteiger partial charge on any atom is -0.381 e. The highest BCUT2D eigenvalue weighted by atomic mass is 16.5. The van der Waals surface area contributed by atoms with Crippen molar-refractivity contribution in [3.8, 4) is 0 Å². The predicted octanol–water partition coefficient (Wildman–Crippen LogP) is 3.84. The quantitative estimate of drug-likeness (QED) is 0.512. The summed E-state index contributed by atoms with van der Waals surface area (Å²) in [5.41, 5.74) is -0.162. The number of Topliss-reactive ketones (excluding diaryl/α,β-unsaturated/α-hetero) is 4. The van der Waals surface area contributed by atoms with Crippen LogP contribution in [0.2, 0.25) is 0 Å². The Hall–Kier alpha value is -2.44. The zero-order chi connectivity index (χ0) is 25.5. The first-order chi connectivity index (χ1) is 16.4. The normalized spacial score (nSPS) is 35.5. The summed E-state index contributed by atoms with van der Waals surface area (Å²) in [5, 5.41) is 11.8. The lowest BCUT2D eigenvalue weighted by molar-refractivity contribution is -0.183. The summed E-state index contributed by atoms with van der Waals surface area (Å²) in [7, 11) is 0. The summed E-state index contributed by atoms with van der Waals surface area (Å²) in [6.07, 6.45) is 2.91. The van der Waals surface area contributed by atoms with Crippen molar-refractivity contribution in [3.63, 3.8) is 0 Å². The second-order valence-electron chi connectivity index (χ2n) is 11.9. The van der Waals surface area contributed by atoms with E-state index in [1.54, 1.807) is 13.8 Å². The van der Waals surface area contributed by atoms with Gasteiger partial charge in [-0.2, -0.15) is 0 Å². The second-order valence-corrected chi connectivity index (χ2v) is 11.9. The number of hydrogen-bond acceptors (Lipinski definition) is 6. The summed E-state index contributed by atoms with van der Waals surface area (Å²) in [4.78, 5) is 54.0. The third kappa shape index (κ3) is 3.15. The van der Waals surface area contributed by atoms with Crippen molar-refractivity contribution in [2.75, 3.05) is 13.2 Å². The van der Waals surface area contributed by atoms with E-state index in [4.69, 9.17) is 4.74 Å². The van der Waals surface area contributed by atoms with Gasteiger partial charge in [0.05, 0.1) is 11.5 Å². The molecule has 1 saturated carbocycles. The van der Waals surface area contributed by atoms with Crippen molar-refractivity contribution in [1.29, 1.82) is 0 Å². The number of allylic oxidation sites excluding steroid dienone is 1. The number of carbonyl (C=O) groups excluding carboxylic acids is 4. The fraction of sp³-hybridized carbons (Fsp3) is 0.586. The van der Waals surface area contributed by atoms with Crippen molar-refractivity contribution in [2.24, 2.45) is 16.7 Å². The van der Waals surface area contributed by atoms with E-state index in [1.165, 1.54) is 6.92 Å². The number of ether oxygens (including phenoxy) is 1. The molecule has 4 aliphatic rings. The zero-order valence-electron chi connectivity index (χ0n) is 21.2. The van der Waals surface area contributed by atoms with E-state index in [1.807, 2.05) is 19.9 Å². The van der Waals surface area contributed by atoms with Gasteiger partial charge in [0.2, 0.25) is 5.78 Å². The average Bonchev–Trinajstić information content (AvgIpc) is 2.76. The molecule has 6 nitrogen and oxygen atoms in total. The maximum absolute atomic E-state index is 14.1. The molecule has 2 unspecified atom stereocenters. The number of aliphatic hydroxyl groups is 1.